The fourth-order valence-electron chi connectivity index (χ4n) is 2.20. The first kappa shape index (κ1) is 16.8. The maximum Gasteiger partial charge on any atom is 0.263 e. The summed E-state index contributed by atoms with van der Waals surface area (Å²) in [5, 5.41) is 0. The Morgan fingerprint density at radius 3 is 2.14 bits per heavy atom. The highest BCUT2D eigenvalue weighted by Crippen LogP contribution is 2.25. The van der Waals surface area contributed by atoms with Crippen LogP contribution in [0.4, 0.5) is 11.4 Å². The van der Waals surface area contributed by atoms with Gasteiger partial charge in [0.1, 0.15) is 4.90 Å². The van der Waals surface area contributed by atoms with Gasteiger partial charge >= 0.3 is 0 Å². The number of hydrogen-bond acceptors (Lipinski definition) is 3. The smallest absolute Gasteiger partial charge is 0.263 e. The molecule has 4 nitrogen and oxygen atoms in total. The molecule has 0 amide bonds. The van der Waals surface area contributed by atoms with E-state index in [9.17, 15) is 8.42 Å². The molecule has 1 N–H and O–H groups in total. The number of nitrogens with zero attached hydrogens (tertiary/aromatic N) is 1. The first-order valence-electron chi connectivity index (χ1n) is 7.10. The highest BCUT2D eigenvalue weighted by molar-refractivity contribution is 9.10. The van der Waals surface area contributed by atoms with E-state index in [0.29, 0.717) is 10.2 Å². The molecule has 0 atom stereocenters. The van der Waals surface area contributed by atoms with E-state index in [1.165, 1.54) is 0 Å². The van der Waals surface area contributed by atoms with Crippen LogP contribution in [0.3, 0.4) is 0 Å². The molecule has 0 unspecified atom stereocenters. The normalized spacial score (nSPS) is 11.2. The van der Waals surface area contributed by atoms with E-state index in [2.05, 4.69) is 39.4 Å². The molecule has 0 aromatic heterocycles. The molecule has 2 aromatic rings. The lowest BCUT2D eigenvalue weighted by atomic mass is 10.2. The van der Waals surface area contributed by atoms with Crippen molar-refractivity contribution in [2.45, 2.75) is 18.7 Å². The lowest BCUT2D eigenvalue weighted by Crippen LogP contribution is -2.21. The molecule has 0 aliphatic rings. The molecule has 0 aliphatic carbocycles. The third-order valence-corrected chi connectivity index (χ3v) is 5.77. The van der Waals surface area contributed by atoms with Gasteiger partial charge in [-0.1, -0.05) is 12.1 Å². The summed E-state index contributed by atoms with van der Waals surface area (Å²) in [4.78, 5) is 2.43. The average molecular weight is 383 g/mol. The van der Waals surface area contributed by atoms with Gasteiger partial charge in [0.15, 0.2) is 0 Å². The van der Waals surface area contributed by atoms with Crippen molar-refractivity contribution in [3.05, 3.63) is 53.0 Å². The highest BCUT2D eigenvalue weighted by atomic mass is 79.9. The molecule has 118 valence electrons. The minimum absolute atomic E-state index is 0.225. The van der Waals surface area contributed by atoms with Crippen LogP contribution in [0, 0.1) is 0 Å². The van der Waals surface area contributed by atoms with Crippen LogP contribution in [0.25, 0.3) is 0 Å². The van der Waals surface area contributed by atoms with Crippen molar-refractivity contribution in [1.82, 2.24) is 0 Å². The second-order valence-corrected chi connectivity index (χ2v) is 7.26. The Balaban J connectivity index is 2.22. The molecule has 0 spiro atoms. The largest absolute Gasteiger partial charge is 0.372 e. The van der Waals surface area contributed by atoms with Gasteiger partial charge in [-0.15, -0.1) is 0 Å². The first-order valence-corrected chi connectivity index (χ1v) is 9.38. The van der Waals surface area contributed by atoms with Crippen LogP contribution in [0.2, 0.25) is 0 Å². The number of benzene rings is 2. The molecule has 0 heterocycles. The van der Waals surface area contributed by atoms with E-state index in [1.54, 1.807) is 36.4 Å². The fraction of sp³-hybridized carbons (Fsp3) is 0.250. The van der Waals surface area contributed by atoms with E-state index in [0.717, 1.165) is 18.8 Å². The molecule has 0 fully saturated rings. The standard InChI is InChI=1S/C16H19BrN2O2S/c1-3-19(4-2)14-11-9-13(10-12-14)18-22(20,21)16-8-6-5-7-15(16)17/h5-12,18H,3-4H2,1-2H3. The molecule has 0 aliphatic heterocycles. The molecular weight excluding hydrogens is 364 g/mol. The maximum atomic E-state index is 12.4. The summed E-state index contributed by atoms with van der Waals surface area (Å²) >= 11 is 3.27. The van der Waals surface area contributed by atoms with Crippen molar-refractivity contribution in [2.75, 3.05) is 22.7 Å². The summed E-state index contributed by atoms with van der Waals surface area (Å²) in [6.07, 6.45) is 0. The fourth-order valence-corrected chi connectivity index (χ4v) is 4.26. The second kappa shape index (κ2) is 7.15. The van der Waals surface area contributed by atoms with Crippen molar-refractivity contribution in [1.29, 1.82) is 0 Å². The summed E-state index contributed by atoms with van der Waals surface area (Å²) in [6.45, 7) is 6.01. The Bertz CT molecular complexity index is 726. The third kappa shape index (κ3) is 3.81. The van der Waals surface area contributed by atoms with Crippen LogP contribution in [0.1, 0.15) is 13.8 Å². The zero-order valence-corrected chi connectivity index (χ0v) is 15.0. The minimum atomic E-state index is -3.60. The Labute approximate surface area is 140 Å². The van der Waals surface area contributed by atoms with Crippen LogP contribution >= 0.6 is 15.9 Å². The molecule has 2 rings (SSSR count). The van der Waals surface area contributed by atoms with Crippen LogP contribution in [0.15, 0.2) is 57.9 Å². The predicted octanol–water partition coefficient (Wildman–Crippen LogP) is 4.10. The number of rotatable bonds is 6. The van der Waals surface area contributed by atoms with Gasteiger partial charge in [0.25, 0.3) is 10.0 Å². The van der Waals surface area contributed by atoms with E-state index in [4.69, 9.17) is 0 Å². The molecule has 0 bridgehead atoms. The molecule has 22 heavy (non-hydrogen) atoms. The van der Waals surface area contributed by atoms with E-state index in [-0.39, 0.29) is 4.90 Å². The second-order valence-electron chi connectivity index (χ2n) is 4.76. The SMILES string of the molecule is CCN(CC)c1ccc(NS(=O)(=O)c2ccccc2Br)cc1. The van der Waals surface area contributed by atoms with Crippen molar-refractivity contribution >= 4 is 37.3 Å². The number of hydrogen-bond donors (Lipinski definition) is 1. The van der Waals surface area contributed by atoms with E-state index >= 15 is 0 Å². The molecule has 0 saturated heterocycles. The Kier molecular flexibility index (Phi) is 5.47. The minimum Gasteiger partial charge on any atom is -0.372 e. The first-order chi connectivity index (χ1) is 10.5. The van der Waals surface area contributed by atoms with Gasteiger partial charge in [0.05, 0.1) is 0 Å². The van der Waals surface area contributed by atoms with Crippen molar-refractivity contribution < 1.29 is 8.42 Å². The molecular formula is C16H19BrN2O2S. The maximum absolute atomic E-state index is 12.4. The lowest BCUT2D eigenvalue weighted by molar-refractivity contribution is 0.601. The predicted molar refractivity (Wildman–Crippen MR) is 95.0 cm³/mol. The quantitative estimate of drug-likeness (QED) is 0.817. The Morgan fingerprint density at radius 2 is 1.59 bits per heavy atom. The van der Waals surface area contributed by atoms with Crippen molar-refractivity contribution in [3.63, 3.8) is 0 Å². The van der Waals surface area contributed by atoms with Gasteiger partial charge < -0.3 is 4.90 Å². The summed E-state index contributed by atoms with van der Waals surface area (Å²) in [6, 6.07) is 14.2. The number of halogens is 1. The summed E-state index contributed by atoms with van der Waals surface area (Å²) in [7, 11) is -3.60. The van der Waals surface area contributed by atoms with Gasteiger partial charge in [-0.05, 0) is 66.2 Å². The zero-order valence-electron chi connectivity index (χ0n) is 12.6. The molecule has 6 heteroatoms. The third-order valence-electron chi connectivity index (χ3n) is 3.37. The highest BCUT2D eigenvalue weighted by Gasteiger charge is 2.17. The van der Waals surface area contributed by atoms with Crippen LogP contribution in [0.5, 0.6) is 0 Å². The van der Waals surface area contributed by atoms with E-state index in [1.807, 2.05) is 12.1 Å². The number of anilines is 2. The number of sulfonamides is 1. The van der Waals surface area contributed by atoms with Gasteiger partial charge in [-0.2, -0.15) is 0 Å². The average Bonchev–Trinajstić information content (AvgIpc) is 2.50. The number of nitrogens with one attached hydrogen (secondary N) is 1. The van der Waals surface area contributed by atoms with Crippen LogP contribution in [-0.2, 0) is 10.0 Å². The molecule has 0 saturated carbocycles. The van der Waals surface area contributed by atoms with Crippen molar-refractivity contribution in [3.8, 4) is 0 Å². The summed E-state index contributed by atoms with van der Waals surface area (Å²) in [5.41, 5.74) is 1.63. The monoisotopic (exact) mass is 382 g/mol. The van der Waals surface area contributed by atoms with Crippen LogP contribution in [-0.4, -0.2) is 21.5 Å². The lowest BCUT2D eigenvalue weighted by Gasteiger charge is -2.21. The Hall–Kier alpha value is -1.53. The zero-order chi connectivity index (χ0) is 16.2. The Morgan fingerprint density at radius 1 is 1.00 bits per heavy atom. The van der Waals surface area contributed by atoms with Gasteiger partial charge in [0.2, 0.25) is 0 Å². The summed E-state index contributed by atoms with van der Waals surface area (Å²) in [5.74, 6) is 0. The van der Waals surface area contributed by atoms with E-state index < -0.39 is 10.0 Å². The van der Waals surface area contributed by atoms with Gasteiger partial charge in [-0.25, -0.2) is 8.42 Å². The van der Waals surface area contributed by atoms with Crippen molar-refractivity contribution in [2.24, 2.45) is 0 Å². The van der Waals surface area contributed by atoms with Gasteiger partial charge in [0, 0.05) is 28.9 Å². The summed E-state index contributed by atoms with van der Waals surface area (Å²) < 4.78 is 27.9. The molecule has 2 aromatic carbocycles. The molecule has 0 radical (unpaired) electrons. The topological polar surface area (TPSA) is 49.4 Å². The van der Waals surface area contributed by atoms with Gasteiger partial charge in [-0.3, -0.25) is 4.72 Å². The van der Waals surface area contributed by atoms with Crippen LogP contribution < -0.4 is 9.62 Å².